The molecule has 6 aromatic carbocycles. The van der Waals surface area contributed by atoms with E-state index < -0.39 is 5.41 Å². The first-order valence-corrected chi connectivity index (χ1v) is 17.4. The van der Waals surface area contributed by atoms with Gasteiger partial charge < -0.3 is 20.1 Å². The third-order valence-electron chi connectivity index (χ3n) is 9.56. The summed E-state index contributed by atoms with van der Waals surface area (Å²) in [5, 5.41) is 5.96. The fraction of sp³-hybridized carbons (Fsp3) is 0.156. The predicted molar refractivity (Wildman–Crippen MR) is 204 cm³/mol. The lowest BCUT2D eigenvalue weighted by Crippen LogP contribution is -2.28. The molecule has 1 aliphatic rings. The molecular formula is C45H40N2O4. The van der Waals surface area contributed by atoms with Crippen molar-refractivity contribution >= 4 is 23.2 Å². The van der Waals surface area contributed by atoms with Crippen LogP contribution in [0, 0.1) is 0 Å². The second kappa shape index (κ2) is 14.8. The van der Waals surface area contributed by atoms with E-state index in [1.165, 1.54) is 33.4 Å². The number of amides is 2. The second-order valence-electron chi connectivity index (χ2n) is 12.7. The van der Waals surface area contributed by atoms with Crippen LogP contribution in [0.25, 0.3) is 11.1 Å². The first-order chi connectivity index (χ1) is 25.0. The van der Waals surface area contributed by atoms with Gasteiger partial charge in [0.15, 0.2) is 13.2 Å². The Kier molecular flexibility index (Phi) is 9.66. The monoisotopic (exact) mass is 672 g/mol. The molecule has 0 aliphatic heterocycles. The van der Waals surface area contributed by atoms with Crippen LogP contribution >= 0.6 is 0 Å². The number of ether oxygens (including phenoxy) is 2. The highest BCUT2D eigenvalue weighted by Crippen LogP contribution is 2.56. The third-order valence-corrected chi connectivity index (χ3v) is 9.56. The summed E-state index contributed by atoms with van der Waals surface area (Å²) < 4.78 is 11.5. The molecule has 0 aromatic heterocycles. The zero-order chi connectivity index (χ0) is 35.2. The van der Waals surface area contributed by atoms with Gasteiger partial charge in [-0.1, -0.05) is 111 Å². The van der Waals surface area contributed by atoms with Crippen molar-refractivity contribution in [1.29, 1.82) is 0 Å². The Bertz CT molecular complexity index is 1980. The van der Waals surface area contributed by atoms with Crippen molar-refractivity contribution < 1.29 is 19.1 Å². The van der Waals surface area contributed by atoms with E-state index in [0.29, 0.717) is 22.9 Å². The summed E-state index contributed by atoms with van der Waals surface area (Å²) in [4.78, 5) is 25.7. The lowest BCUT2D eigenvalue weighted by molar-refractivity contribution is -0.118. The molecule has 6 nitrogen and oxygen atoms in total. The maximum Gasteiger partial charge on any atom is 0.262 e. The van der Waals surface area contributed by atoms with Gasteiger partial charge in [0.1, 0.15) is 11.5 Å². The van der Waals surface area contributed by atoms with E-state index in [1.807, 2.05) is 72.8 Å². The minimum Gasteiger partial charge on any atom is -0.484 e. The Hall–Kier alpha value is -6.14. The van der Waals surface area contributed by atoms with E-state index in [0.717, 1.165) is 24.0 Å². The molecule has 2 N–H and O–H groups in total. The number of carbonyl (C=O) groups excluding carboxylic acids is 2. The molecule has 0 saturated carbocycles. The zero-order valence-corrected chi connectivity index (χ0v) is 28.8. The molecular weight excluding hydrogens is 633 g/mol. The van der Waals surface area contributed by atoms with E-state index in [4.69, 9.17) is 9.47 Å². The van der Waals surface area contributed by atoms with Crippen molar-refractivity contribution in [2.75, 3.05) is 23.8 Å². The molecule has 0 heterocycles. The molecule has 0 unspecified atom stereocenters. The SMILES string of the molecule is CCc1ccc(OCC(=O)Nc2ccc(C3(c4ccc(NC(=O)COc5ccc(CC)cc5)cc4)c4ccccc4-c4ccccc43)cc2)cc1. The van der Waals surface area contributed by atoms with Gasteiger partial charge in [-0.25, -0.2) is 0 Å². The Labute approximate surface area is 299 Å². The summed E-state index contributed by atoms with van der Waals surface area (Å²) in [5.41, 5.74) is 10.00. The van der Waals surface area contributed by atoms with Crippen LogP contribution in [0.5, 0.6) is 11.5 Å². The highest BCUT2D eigenvalue weighted by atomic mass is 16.5. The molecule has 0 atom stereocenters. The molecule has 0 radical (unpaired) electrons. The number of rotatable bonds is 12. The van der Waals surface area contributed by atoms with Crippen molar-refractivity contribution in [2.24, 2.45) is 0 Å². The summed E-state index contributed by atoms with van der Waals surface area (Å²) in [7, 11) is 0. The van der Waals surface area contributed by atoms with Crippen molar-refractivity contribution in [1.82, 2.24) is 0 Å². The molecule has 0 spiro atoms. The Morgan fingerprint density at radius 2 is 0.863 bits per heavy atom. The molecule has 0 bridgehead atoms. The Morgan fingerprint density at radius 1 is 0.490 bits per heavy atom. The first-order valence-electron chi connectivity index (χ1n) is 17.4. The topological polar surface area (TPSA) is 76.7 Å². The molecule has 2 amide bonds. The molecule has 0 fully saturated rings. The Balaban J connectivity index is 1.13. The third kappa shape index (κ3) is 6.86. The van der Waals surface area contributed by atoms with E-state index in [-0.39, 0.29) is 25.0 Å². The summed E-state index contributed by atoms with van der Waals surface area (Å²) >= 11 is 0. The second-order valence-corrected chi connectivity index (χ2v) is 12.7. The number of fused-ring (bicyclic) bond motifs is 3. The number of aryl methyl sites for hydroxylation is 2. The van der Waals surface area contributed by atoms with Crippen LogP contribution in [0.2, 0.25) is 0 Å². The quantitative estimate of drug-likeness (QED) is 0.136. The lowest BCUT2D eigenvalue weighted by Gasteiger charge is -2.34. The van der Waals surface area contributed by atoms with Crippen LogP contribution in [0.3, 0.4) is 0 Å². The van der Waals surface area contributed by atoms with E-state index in [9.17, 15) is 9.59 Å². The minimum absolute atomic E-state index is 0.0843. The maximum atomic E-state index is 12.8. The van der Waals surface area contributed by atoms with Crippen LogP contribution in [-0.2, 0) is 27.8 Å². The molecule has 0 saturated heterocycles. The van der Waals surface area contributed by atoms with Gasteiger partial charge in [0.05, 0.1) is 5.41 Å². The maximum absolute atomic E-state index is 12.8. The molecule has 7 rings (SSSR count). The molecule has 6 aromatic rings. The highest BCUT2D eigenvalue weighted by Gasteiger charge is 2.45. The van der Waals surface area contributed by atoms with Crippen LogP contribution in [0.15, 0.2) is 146 Å². The van der Waals surface area contributed by atoms with Crippen molar-refractivity contribution in [3.63, 3.8) is 0 Å². The van der Waals surface area contributed by atoms with Gasteiger partial charge in [0.2, 0.25) is 0 Å². The standard InChI is InChI=1S/C45H40N2O4/c1-3-31-13-25-37(26-14-31)50-29-43(48)46-35-21-17-33(18-22-35)45(41-11-7-5-9-39(41)40-10-6-8-12-42(40)45)34-19-23-36(24-20-34)47-44(49)30-51-38-27-15-32(4-2)16-28-38/h5-28H,3-4,29-30H2,1-2H3,(H,46,48)(H,47,49). The van der Waals surface area contributed by atoms with Crippen LogP contribution < -0.4 is 20.1 Å². The van der Waals surface area contributed by atoms with Crippen molar-refractivity contribution in [2.45, 2.75) is 32.1 Å². The van der Waals surface area contributed by atoms with Gasteiger partial charge in [-0.2, -0.15) is 0 Å². The summed E-state index contributed by atoms with van der Waals surface area (Å²) in [6, 6.07) is 48.7. The van der Waals surface area contributed by atoms with Crippen molar-refractivity contribution in [3.05, 3.63) is 179 Å². The largest absolute Gasteiger partial charge is 0.484 e. The Morgan fingerprint density at radius 3 is 1.24 bits per heavy atom. The fourth-order valence-electron chi connectivity index (χ4n) is 6.97. The minimum atomic E-state index is -0.625. The van der Waals surface area contributed by atoms with Gasteiger partial charge in [0.25, 0.3) is 11.8 Å². The normalized spacial score (nSPS) is 12.4. The molecule has 254 valence electrons. The lowest BCUT2D eigenvalue weighted by atomic mass is 9.67. The number of anilines is 2. The molecule has 1 aliphatic carbocycles. The van der Waals surface area contributed by atoms with Crippen molar-refractivity contribution in [3.8, 4) is 22.6 Å². The molecule has 6 heteroatoms. The first kappa shape index (κ1) is 33.4. The summed E-state index contributed by atoms with van der Waals surface area (Å²) in [6.45, 7) is 4.03. The number of carbonyl (C=O) groups is 2. The van der Waals surface area contributed by atoms with Gasteiger partial charge >= 0.3 is 0 Å². The average Bonchev–Trinajstić information content (AvgIpc) is 3.48. The van der Waals surface area contributed by atoms with E-state index in [1.54, 1.807) is 0 Å². The van der Waals surface area contributed by atoms with E-state index in [2.05, 4.69) is 97.3 Å². The number of benzene rings is 6. The number of hydrogen-bond acceptors (Lipinski definition) is 4. The number of nitrogens with one attached hydrogen (secondary N) is 2. The summed E-state index contributed by atoms with van der Waals surface area (Å²) in [6.07, 6.45) is 1.90. The van der Waals surface area contributed by atoms with Gasteiger partial charge in [-0.15, -0.1) is 0 Å². The summed E-state index contributed by atoms with van der Waals surface area (Å²) in [5.74, 6) is 0.863. The van der Waals surface area contributed by atoms with Gasteiger partial charge in [-0.3, -0.25) is 9.59 Å². The number of hydrogen-bond donors (Lipinski definition) is 2. The zero-order valence-electron chi connectivity index (χ0n) is 28.8. The van der Waals surface area contributed by atoms with Gasteiger partial charge in [-0.05, 0) is 106 Å². The van der Waals surface area contributed by atoms with Crippen LogP contribution in [-0.4, -0.2) is 25.0 Å². The van der Waals surface area contributed by atoms with Gasteiger partial charge in [0, 0.05) is 11.4 Å². The predicted octanol–water partition coefficient (Wildman–Crippen LogP) is 9.21. The van der Waals surface area contributed by atoms with Crippen LogP contribution in [0.1, 0.15) is 47.2 Å². The smallest absolute Gasteiger partial charge is 0.262 e. The van der Waals surface area contributed by atoms with Crippen LogP contribution in [0.4, 0.5) is 11.4 Å². The van der Waals surface area contributed by atoms with E-state index >= 15 is 0 Å². The molecule has 51 heavy (non-hydrogen) atoms. The average molecular weight is 673 g/mol. The fourth-order valence-corrected chi connectivity index (χ4v) is 6.97. The highest BCUT2D eigenvalue weighted by molar-refractivity contribution is 5.93.